The molecule has 1 heterocycles. The Kier molecular flexibility index (Phi) is 4.45. The van der Waals surface area contributed by atoms with Crippen LogP contribution in [-0.4, -0.2) is 34.8 Å². The molecule has 1 aliphatic carbocycles. The van der Waals surface area contributed by atoms with Crippen molar-refractivity contribution in [2.75, 3.05) is 11.9 Å². The molecule has 3 rings (SSSR count). The van der Waals surface area contributed by atoms with Crippen molar-refractivity contribution in [3.05, 3.63) is 29.8 Å². The first-order valence-corrected chi connectivity index (χ1v) is 8.41. The van der Waals surface area contributed by atoms with Crippen LogP contribution >= 0.6 is 0 Å². The highest BCUT2D eigenvalue weighted by atomic mass is 16.2. The first-order valence-electron chi connectivity index (χ1n) is 8.41. The van der Waals surface area contributed by atoms with Crippen molar-refractivity contribution in [2.24, 2.45) is 5.92 Å². The lowest BCUT2D eigenvalue weighted by Crippen LogP contribution is -2.54. The standard InChI is InChI=1S/C18H20N4O3/c1-12-6-4-5-9-18(12)16(24)22(17(25)21-18)11-15(23)20-14-8-3-2-7-13(14)10-19/h2-3,7-8,12H,4-6,9,11H2,1H3,(H,20,23)(H,21,25)/t12-,18-/m0/s1. The molecule has 7 heteroatoms. The van der Waals surface area contributed by atoms with Crippen LogP contribution in [0.5, 0.6) is 0 Å². The molecule has 1 aliphatic heterocycles. The normalized spacial score (nSPS) is 25.6. The average molecular weight is 340 g/mol. The van der Waals surface area contributed by atoms with Crippen LogP contribution in [0.25, 0.3) is 0 Å². The summed E-state index contributed by atoms with van der Waals surface area (Å²) in [5, 5.41) is 14.5. The molecule has 7 nitrogen and oxygen atoms in total. The second-order valence-corrected chi connectivity index (χ2v) is 6.65. The molecule has 0 unspecified atom stereocenters. The van der Waals surface area contributed by atoms with Crippen LogP contribution in [0.4, 0.5) is 10.5 Å². The van der Waals surface area contributed by atoms with E-state index >= 15 is 0 Å². The molecule has 2 atom stereocenters. The van der Waals surface area contributed by atoms with Crippen molar-refractivity contribution in [2.45, 2.75) is 38.1 Å². The fraction of sp³-hybridized carbons (Fsp3) is 0.444. The number of imide groups is 1. The molecule has 0 radical (unpaired) electrons. The SMILES string of the molecule is C[C@H]1CCCC[C@]12NC(=O)N(CC(=O)Nc1ccccc1C#N)C2=O. The van der Waals surface area contributed by atoms with Gasteiger partial charge in [0.1, 0.15) is 18.2 Å². The first-order chi connectivity index (χ1) is 12.0. The van der Waals surface area contributed by atoms with Gasteiger partial charge in [0.25, 0.3) is 5.91 Å². The minimum absolute atomic E-state index is 0.0464. The molecule has 1 aromatic rings. The number of para-hydroxylation sites is 1. The van der Waals surface area contributed by atoms with Gasteiger partial charge in [0, 0.05) is 0 Å². The third-order valence-corrected chi connectivity index (χ3v) is 5.12. The summed E-state index contributed by atoms with van der Waals surface area (Å²) < 4.78 is 0. The van der Waals surface area contributed by atoms with E-state index in [1.807, 2.05) is 13.0 Å². The summed E-state index contributed by atoms with van der Waals surface area (Å²) in [7, 11) is 0. The Morgan fingerprint density at radius 3 is 2.88 bits per heavy atom. The van der Waals surface area contributed by atoms with Gasteiger partial charge in [-0.15, -0.1) is 0 Å². The zero-order valence-electron chi connectivity index (χ0n) is 14.0. The van der Waals surface area contributed by atoms with Gasteiger partial charge in [-0.1, -0.05) is 31.9 Å². The number of carbonyl (C=O) groups excluding carboxylic acids is 3. The minimum Gasteiger partial charge on any atom is -0.323 e. The molecule has 1 saturated heterocycles. The molecule has 2 aliphatic rings. The number of hydrogen-bond donors (Lipinski definition) is 2. The quantitative estimate of drug-likeness (QED) is 0.822. The fourth-order valence-electron chi connectivity index (χ4n) is 3.66. The van der Waals surface area contributed by atoms with Crippen LogP contribution in [0.15, 0.2) is 24.3 Å². The van der Waals surface area contributed by atoms with Crippen LogP contribution < -0.4 is 10.6 Å². The molecule has 0 aromatic heterocycles. The second kappa shape index (κ2) is 6.55. The molecule has 1 saturated carbocycles. The number of rotatable bonds is 3. The van der Waals surface area contributed by atoms with E-state index in [2.05, 4.69) is 10.6 Å². The zero-order valence-corrected chi connectivity index (χ0v) is 14.0. The molecule has 2 fully saturated rings. The maximum atomic E-state index is 12.8. The van der Waals surface area contributed by atoms with E-state index in [0.717, 1.165) is 24.2 Å². The fourth-order valence-corrected chi connectivity index (χ4v) is 3.66. The van der Waals surface area contributed by atoms with Crippen molar-refractivity contribution < 1.29 is 14.4 Å². The van der Waals surface area contributed by atoms with E-state index in [1.54, 1.807) is 24.3 Å². The van der Waals surface area contributed by atoms with Gasteiger partial charge in [0.2, 0.25) is 5.91 Å². The lowest BCUT2D eigenvalue weighted by Gasteiger charge is -2.36. The molecule has 2 N–H and O–H groups in total. The van der Waals surface area contributed by atoms with Crippen molar-refractivity contribution in [3.63, 3.8) is 0 Å². The summed E-state index contributed by atoms with van der Waals surface area (Å²) in [5.74, 6) is -0.787. The number of nitrogens with zero attached hydrogens (tertiary/aromatic N) is 2. The van der Waals surface area contributed by atoms with Crippen molar-refractivity contribution in [3.8, 4) is 6.07 Å². The highest BCUT2D eigenvalue weighted by Crippen LogP contribution is 2.38. The monoisotopic (exact) mass is 340 g/mol. The molecular weight excluding hydrogens is 320 g/mol. The number of hydrogen-bond acceptors (Lipinski definition) is 4. The number of nitrogens with one attached hydrogen (secondary N) is 2. The summed E-state index contributed by atoms with van der Waals surface area (Å²) in [6.45, 7) is 1.60. The molecule has 0 bridgehead atoms. The van der Waals surface area contributed by atoms with Crippen LogP contribution in [0.3, 0.4) is 0 Å². The molecule has 130 valence electrons. The lowest BCUT2D eigenvalue weighted by atomic mass is 9.73. The van der Waals surface area contributed by atoms with E-state index in [4.69, 9.17) is 5.26 Å². The highest BCUT2D eigenvalue weighted by molar-refractivity contribution is 6.10. The molecular formula is C18H20N4O3. The van der Waals surface area contributed by atoms with E-state index in [-0.39, 0.29) is 18.4 Å². The van der Waals surface area contributed by atoms with Gasteiger partial charge in [-0.2, -0.15) is 5.26 Å². The maximum Gasteiger partial charge on any atom is 0.325 e. The van der Waals surface area contributed by atoms with E-state index in [9.17, 15) is 14.4 Å². The zero-order chi connectivity index (χ0) is 18.0. The highest BCUT2D eigenvalue weighted by Gasteiger charge is 2.55. The summed E-state index contributed by atoms with van der Waals surface area (Å²) in [4.78, 5) is 38.4. The van der Waals surface area contributed by atoms with E-state index < -0.39 is 17.5 Å². The first kappa shape index (κ1) is 17.0. The summed E-state index contributed by atoms with van der Waals surface area (Å²) in [6, 6.07) is 8.05. The van der Waals surface area contributed by atoms with Gasteiger partial charge < -0.3 is 10.6 Å². The van der Waals surface area contributed by atoms with Gasteiger partial charge >= 0.3 is 6.03 Å². The summed E-state index contributed by atoms with van der Waals surface area (Å²) in [6.07, 6.45) is 3.40. The molecule has 1 aromatic carbocycles. The third kappa shape index (κ3) is 2.95. The van der Waals surface area contributed by atoms with Gasteiger partial charge in [0.05, 0.1) is 11.3 Å². The number of urea groups is 1. The smallest absolute Gasteiger partial charge is 0.323 e. The number of nitriles is 1. The van der Waals surface area contributed by atoms with Crippen molar-refractivity contribution >= 4 is 23.5 Å². The molecule has 1 spiro atoms. The number of carbonyl (C=O) groups is 3. The predicted octanol–water partition coefficient (Wildman–Crippen LogP) is 2.00. The average Bonchev–Trinajstić information content (AvgIpc) is 2.83. The summed E-state index contributed by atoms with van der Waals surface area (Å²) >= 11 is 0. The van der Waals surface area contributed by atoms with E-state index in [1.165, 1.54) is 0 Å². The van der Waals surface area contributed by atoms with E-state index in [0.29, 0.717) is 17.7 Å². The van der Waals surface area contributed by atoms with Gasteiger partial charge in [-0.05, 0) is 30.9 Å². The third-order valence-electron chi connectivity index (χ3n) is 5.12. The van der Waals surface area contributed by atoms with Crippen LogP contribution in [0.1, 0.15) is 38.2 Å². The Morgan fingerprint density at radius 1 is 1.40 bits per heavy atom. The maximum absolute atomic E-state index is 12.8. The Labute approximate surface area is 146 Å². The molecule has 4 amide bonds. The predicted molar refractivity (Wildman–Crippen MR) is 90.4 cm³/mol. The largest absolute Gasteiger partial charge is 0.325 e. The number of benzene rings is 1. The Bertz CT molecular complexity index is 770. The molecule has 25 heavy (non-hydrogen) atoms. The Hall–Kier alpha value is -2.88. The number of anilines is 1. The van der Waals surface area contributed by atoms with Crippen molar-refractivity contribution in [1.29, 1.82) is 5.26 Å². The van der Waals surface area contributed by atoms with Crippen LogP contribution in [0, 0.1) is 17.2 Å². The van der Waals surface area contributed by atoms with Crippen LogP contribution in [-0.2, 0) is 9.59 Å². The van der Waals surface area contributed by atoms with Crippen LogP contribution in [0.2, 0.25) is 0 Å². The topological polar surface area (TPSA) is 102 Å². The van der Waals surface area contributed by atoms with Crippen molar-refractivity contribution in [1.82, 2.24) is 10.2 Å². The number of amides is 4. The van der Waals surface area contributed by atoms with Gasteiger partial charge in [-0.25, -0.2) is 4.79 Å². The Morgan fingerprint density at radius 2 is 2.16 bits per heavy atom. The second-order valence-electron chi connectivity index (χ2n) is 6.65. The lowest BCUT2D eigenvalue weighted by molar-refractivity contribution is -0.136. The summed E-state index contributed by atoms with van der Waals surface area (Å²) in [5.41, 5.74) is -0.187. The minimum atomic E-state index is -0.875. The Balaban J connectivity index is 1.72. The van der Waals surface area contributed by atoms with Gasteiger partial charge in [-0.3, -0.25) is 14.5 Å². The van der Waals surface area contributed by atoms with Gasteiger partial charge in [0.15, 0.2) is 0 Å².